The molecule has 0 saturated heterocycles. The number of nitrogens with zero attached hydrogens (tertiary/aromatic N) is 3. The minimum absolute atomic E-state index is 0.0978. The highest BCUT2D eigenvalue weighted by molar-refractivity contribution is 5.82. The highest BCUT2D eigenvalue weighted by atomic mass is 16.5. The van der Waals surface area contributed by atoms with Crippen molar-refractivity contribution in [2.24, 2.45) is 0 Å². The van der Waals surface area contributed by atoms with Crippen LogP contribution in [0, 0.1) is 0 Å². The van der Waals surface area contributed by atoms with Gasteiger partial charge in [-0.25, -0.2) is 0 Å². The van der Waals surface area contributed by atoms with Crippen molar-refractivity contribution in [1.82, 2.24) is 14.8 Å². The van der Waals surface area contributed by atoms with E-state index in [0.29, 0.717) is 38.2 Å². The molecule has 0 aliphatic carbocycles. The molecular formula is C23H29N5O4. The maximum Gasteiger partial charge on any atom is 0.276 e. The number of carbonyl (C=O) groups excluding carboxylic acids is 1. The standard InChI is InChI=1S/C23H29N5O4/c1-4-31-19-10-6-17(7-11-19)14-24-22-26-23(28(27-22)21(29)16-30-3)25-15-18-8-12-20(13-9-18)32-5-2/h6-13H,4-5,14-16H2,1-3H3,(H2,24,25,26,27). The van der Waals surface area contributed by atoms with Gasteiger partial charge in [0, 0.05) is 20.2 Å². The topological polar surface area (TPSA) is 99.5 Å². The summed E-state index contributed by atoms with van der Waals surface area (Å²) in [5.41, 5.74) is 2.06. The summed E-state index contributed by atoms with van der Waals surface area (Å²) >= 11 is 0. The van der Waals surface area contributed by atoms with Crippen molar-refractivity contribution in [1.29, 1.82) is 0 Å². The van der Waals surface area contributed by atoms with Crippen LogP contribution < -0.4 is 20.1 Å². The third kappa shape index (κ3) is 6.45. The van der Waals surface area contributed by atoms with E-state index >= 15 is 0 Å². The Kier molecular flexibility index (Phi) is 8.44. The summed E-state index contributed by atoms with van der Waals surface area (Å²) in [5.74, 6) is 2.01. The van der Waals surface area contributed by atoms with Crippen molar-refractivity contribution in [3.63, 3.8) is 0 Å². The molecular weight excluding hydrogens is 410 g/mol. The van der Waals surface area contributed by atoms with Gasteiger partial charge in [-0.3, -0.25) is 4.79 Å². The van der Waals surface area contributed by atoms with E-state index in [1.54, 1.807) is 0 Å². The summed E-state index contributed by atoms with van der Waals surface area (Å²) < 4.78 is 17.1. The zero-order chi connectivity index (χ0) is 22.8. The average molecular weight is 440 g/mol. The van der Waals surface area contributed by atoms with Crippen LogP contribution in [0.15, 0.2) is 48.5 Å². The summed E-state index contributed by atoms with van der Waals surface area (Å²) in [6.45, 7) is 6.02. The number of hydrogen-bond acceptors (Lipinski definition) is 8. The quantitative estimate of drug-likeness (QED) is 0.442. The van der Waals surface area contributed by atoms with E-state index in [1.165, 1.54) is 11.8 Å². The molecule has 2 aromatic carbocycles. The van der Waals surface area contributed by atoms with Crippen molar-refractivity contribution in [2.75, 3.05) is 37.6 Å². The zero-order valence-corrected chi connectivity index (χ0v) is 18.6. The van der Waals surface area contributed by atoms with E-state index in [1.807, 2.05) is 62.4 Å². The Labute approximate surface area is 187 Å². The number of anilines is 2. The number of rotatable bonds is 12. The molecule has 1 aromatic heterocycles. The third-order valence-electron chi connectivity index (χ3n) is 4.48. The Morgan fingerprint density at radius 1 is 0.875 bits per heavy atom. The number of nitrogens with one attached hydrogen (secondary N) is 2. The van der Waals surface area contributed by atoms with Crippen molar-refractivity contribution in [3.8, 4) is 11.5 Å². The predicted octanol–water partition coefficient (Wildman–Crippen LogP) is 3.59. The van der Waals surface area contributed by atoms with Gasteiger partial charge in [-0.1, -0.05) is 24.3 Å². The van der Waals surface area contributed by atoms with Gasteiger partial charge in [0.25, 0.3) is 5.91 Å². The van der Waals surface area contributed by atoms with E-state index in [0.717, 1.165) is 22.6 Å². The smallest absolute Gasteiger partial charge is 0.276 e. The lowest BCUT2D eigenvalue weighted by Crippen LogP contribution is -2.20. The molecule has 0 amide bonds. The van der Waals surface area contributed by atoms with Gasteiger partial charge in [0.2, 0.25) is 11.9 Å². The van der Waals surface area contributed by atoms with Crippen LogP contribution in [0.25, 0.3) is 0 Å². The first-order valence-corrected chi connectivity index (χ1v) is 10.5. The Balaban J connectivity index is 1.66. The molecule has 0 aliphatic rings. The molecule has 32 heavy (non-hydrogen) atoms. The van der Waals surface area contributed by atoms with Crippen LogP contribution in [0.4, 0.5) is 11.9 Å². The van der Waals surface area contributed by atoms with Crippen LogP contribution in [0.1, 0.15) is 29.8 Å². The number of methoxy groups -OCH3 is 1. The summed E-state index contributed by atoms with van der Waals surface area (Å²) in [4.78, 5) is 16.9. The SMILES string of the molecule is CCOc1ccc(CNc2nc(NCc3ccc(OCC)cc3)n(C(=O)COC)n2)cc1. The van der Waals surface area contributed by atoms with E-state index in [-0.39, 0.29) is 12.5 Å². The summed E-state index contributed by atoms with van der Waals surface area (Å²) in [5, 5.41) is 10.6. The Morgan fingerprint density at radius 3 is 1.91 bits per heavy atom. The van der Waals surface area contributed by atoms with Gasteiger partial charge < -0.3 is 24.8 Å². The molecule has 9 nitrogen and oxygen atoms in total. The second-order valence-corrected chi connectivity index (χ2v) is 6.86. The van der Waals surface area contributed by atoms with Gasteiger partial charge in [0.15, 0.2) is 0 Å². The van der Waals surface area contributed by atoms with Gasteiger partial charge >= 0.3 is 0 Å². The predicted molar refractivity (Wildman–Crippen MR) is 122 cm³/mol. The van der Waals surface area contributed by atoms with Crippen molar-refractivity contribution in [3.05, 3.63) is 59.7 Å². The highest BCUT2D eigenvalue weighted by Crippen LogP contribution is 2.16. The molecule has 0 radical (unpaired) electrons. The lowest BCUT2D eigenvalue weighted by molar-refractivity contribution is 0.0748. The molecule has 2 N–H and O–H groups in total. The molecule has 0 bridgehead atoms. The second-order valence-electron chi connectivity index (χ2n) is 6.86. The first kappa shape index (κ1) is 23.1. The first-order chi connectivity index (χ1) is 15.6. The minimum atomic E-state index is -0.316. The normalized spacial score (nSPS) is 10.6. The highest BCUT2D eigenvalue weighted by Gasteiger charge is 2.16. The van der Waals surface area contributed by atoms with Gasteiger partial charge in [-0.05, 0) is 49.2 Å². The lowest BCUT2D eigenvalue weighted by atomic mass is 10.2. The fourth-order valence-corrected chi connectivity index (χ4v) is 2.96. The summed E-state index contributed by atoms with van der Waals surface area (Å²) in [6.07, 6.45) is 0. The van der Waals surface area contributed by atoms with Gasteiger partial charge in [0.05, 0.1) is 13.2 Å². The Hall–Kier alpha value is -3.59. The lowest BCUT2D eigenvalue weighted by Gasteiger charge is -2.08. The van der Waals surface area contributed by atoms with Gasteiger partial charge in [-0.15, -0.1) is 5.10 Å². The largest absolute Gasteiger partial charge is 0.494 e. The number of benzene rings is 2. The van der Waals surface area contributed by atoms with Crippen LogP contribution in [0.2, 0.25) is 0 Å². The molecule has 3 aromatic rings. The fraction of sp³-hybridized carbons (Fsp3) is 0.348. The van der Waals surface area contributed by atoms with E-state index in [2.05, 4.69) is 20.7 Å². The van der Waals surface area contributed by atoms with Crippen molar-refractivity contribution >= 4 is 17.8 Å². The molecule has 0 fully saturated rings. The molecule has 1 heterocycles. The molecule has 3 rings (SSSR count). The van der Waals surface area contributed by atoms with E-state index < -0.39 is 0 Å². The average Bonchev–Trinajstić information content (AvgIpc) is 3.22. The van der Waals surface area contributed by atoms with Crippen LogP contribution in [0.5, 0.6) is 11.5 Å². The van der Waals surface area contributed by atoms with Gasteiger partial charge in [-0.2, -0.15) is 9.67 Å². The fourth-order valence-electron chi connectivity index (χ4n) is 2.96. The van der Waals surface area contributed by atoms with E-state index in [4.69, 9.17) is 14.2 Å². The Morgan fingerprint density at radius 2 is 1.41 bits per heavy atom. The number of hydrogen-bond donors (Lipinski definition) is 2. The molecule has 0 saturated carbocycles. The summed E-state index contributed by atoms with van der Waals surface area (Å²) in [7, 11) is 1.47. The molecule has 9 heteroatoms. The van der Waals surface area contributed by atoms with Crippen LogP contribution in [0.3, 0.4) is 0 Å². The minimum Gasteiger partial charge on any atom is -0.494 e. The Bertz CT molecular complexity index is 987. The van der Waals surface area contributed by atoms with Crippen LogP contribution >= 0.6 is 0 Å². The maximum absolute atomic E-state index is 12.4. The molecule has 170 valence electrons. The monoisotopic (exact) mass is 439 g/mol. The molecule has 0 aliphatic heterocycles. The summed E-state index contributed by atoms with van der Waals surface area (Å²) in [6, 6.07) is 15.5. The maximum atomic E-state index is 12.4. The van der Waals surface area contributed by atoms with Crippen molar-refractivity contribution < 1.29 is 19.0 Å². The second kappa shape index (κ2) is 11.7. The molecule has 0 atom stereocenters. The molecule has 0 spiro atoms. The first-order valence-electron chi connectivity index (χ1n) is 10.5. The third-order valence-corrected chi connectivity index (χ3v) is 4.48. The number of carbonyl (C=O) groups is 1. The zero-order valence-electron chi connectivity index (χ0n) is 18.6. The van der Waals surface area contributed by atoms with Crippen molar-refractivity contribution in [2.45, 2.75) is 26.9 Å². The van der Waals surface area contributed by atoms with Gasteiger partial charge in [0.1, 0.15) is 18.1 Å². The van der Waals surface area contributed by atoms with Crippen LogP contribution in [-0.4, -0.2) is 47.6 Å². The van der Waals surface area contributed by atoms with E-state index in [9.17, 15) is 4.79 Å². The number of aromatic nitrogens is 3. The molecule has 0 unspecified atom stereocenters. The van der Waals surface area contributed by atoms with Crippen LogP contribution in [-0.2, 0) is 17.8 Å². The number of ether oxygens (including phenoxy) is 3.